The minimum Gasteiger partial charge on any atom is -0.350 e. The fourth-order valence-corrected chi connectivity index (χ4v) is 1.37. The molecule has 1 aliphatic carbocycles. The SMILES string of the molecule is NC(=O)N(NC1CC1)C(=O)c1ccccc1F. The third kappa shape index (κ3) is 2.59. The molecule has 0 radical (unpaired) electrons. The Bertz CT molecular complexity index is 460. The topological polar surface area (TPSA) is 75.4 Å². The lowest BCUT2D eigenvalue weighted by Gasteiger charge is -2.19. The molecule has 1 saturated carbocycles. The van der Waals surface area contributed by atoms with Gasteiger partial charge in [-0.1, -0.05) is 12.1 Å². The molecule has 0 spiro atoms. The molecule has 1 fully saturated rings. The van der Waals surface area contributed by atoms with Gasteiger partial charge >= 0.3 is 6.03 Å². The molecule has 2 rings (SSSR count). The van der Waals surface area contributed by atoms with Crippen molar-refractivity contribution < 1.29 is 14.0 Å². The summed E-state index contributed by atoms with van der Waals surface area (Å²) in [5, 5.41) is 0.663. The molecule has 0 saturated heterocycles. The fourth-order valence-electron chi connectivity index (χ4n) is 1.37. The average molecular weight is 237 g/mol. The average Bonchev–Trinajstić information content (AvgIpc) is 3.09. The number of hydrogen-bond donors (Lipinski definition) is 2. The second-order valence-corrected chi connectivity index (χ2v) is 3.86. The van der Waals surface area contributed by atoms with E-state index in [4.69, 9.17) is 5.73 Å². The Kier molecular flexibility index (Phi) is 3.06. The van der Waals surface area contributed by atoms with E-state index in [2.05, 4.69) is 5.43 Å². The molecule has 0 atom stereocenters. The quantitative estimate of drug-likeness (QED) is 0.770. The Hall–Kier alpha value is -1.95. The number of nitrogens with zero attached hydrogens (tertiary/aromatic N) is 1. The van der Waals surface area contributed by atoms with Crippen LogP contribution in [0.4, 0.5) is 9.18 Å². The van der Waals surface area contributed by atoms with Crippen LogP contribution in [0.15, 0.2) is 24.3 Å². The lowest BCUT2D eigenvalue weighted by molar-refractivity contribution is 0.0728. The summed E-state index contributed by atoms with van der Waals surface area (Å²) in [5.74, 6) is -1.45. The molecule has 3 amide bonds. The van der Waals surface area contributed by atoms with Gasteiger partial charge < -0.3 is 5.73 Å². The van der Waals surface area contributed by atoms with Gasteiger partial charge in [-0.3, -0.25) is 4.79 Å². The minimum absolute atomic E-state index is 0.0678. The van der Waals surface area contributed by atoms with Gasteiger partial charge in [0.1, 0.15) is 5.82 Å². The molecule has 0 heterocycles. The number of urea groups is 1. The highest BCUT2D eigenvalue weighted by Gasteiger charge is 2.30. The van der Waals surface area contributed by atoms with Gasteiger partial charge in [-0.25, -0.2) is 14.6 Å². The van der Waals surface area contributed by atoms with E-state index in [9.17, 15) is 14.0 Å². The number of carbonyl (C=O) groups excluding carboxylic acids is 2. The summed E-state index contributed by atoms with van der Waals surface area (Å²) in [4.78, 5) is 23.0. The molecule has 1 aromatic rings. The first-order valence-electron chi connectivity index (χ1n) is 5.24. The minimum atomic E-state index is -0.940. The van der Waals surface area contributed by atoms with Gasteiger partial charge in [-0.2, -0.15) is 5.01 Å². The number of rotatable bonds is 3. The second-order valence-electron chi connectivity index (χ2n) is 3.86. The van der Waals surface area contributed by atoms with Crippen LogP contribution in [0.3, 0.4) is 0 Å². The van der Waals surface area contributed by atoms with E-state index in [1.807, 2.05) is 0 Å². The van der Waals surface area contributed by atoms with E-state index in [0.29, 0.717) is 5.01 Å². The molecule has 0 bridgehead atoms. The van der Waals surface area contributed by atoms with Crippen LogP contribution in [0, 0.1) is 5.82 Å². The van der Waals surface area contributed by atoms with Gasteiger partial charge in [0.25, 0.3) is 5.91 Å². The van der Waals surface area contributed by atoms with Crippen LogP contribution in [-0.4, -0.2) is 23.0 Å². The number of amides is 3. The first kappa shape index (κ1) is 11.5. The monoisotopic (exact) mass is 237 g/mol. The fraction of sp³-hybridized carbons (Fsp3) is 0.273. The third-order valence-electron chi connectivity index (χ3n) is 2.42. The number of nitrogens with two attached hydrogens (primary N) is 1. The second kappa shape index (κ2) is 4.50. The maximum Gasteiger partial charge on any atom is 0.336 e. The summed E-state index contributed by atoms with van der Waals surface area (Å²) in [5.41, 5.74) is 7.56. The number of halogens is 1. The molecule has 1 aliphatic rings. The predicted molar refractivity (Wildman–Crippen MR) is 58.3 cm³/mol. The summed E-state index contributed by atoms with van der Waals surface area (Å²) in [6.07, 6.45) is 1.74. The molecule has 5 nitrogen and oxygen atoms in total. The van der Waals surface area contributed by atoms with Crippen molar-refractivity contribution in [2.24, 2.45) is 5.73 Å². The number of imide groups is 1. The predicted octanol–water partition coefficient (Wildman–Crippen LogP) is 1.01. The molecule has 3 N–H and O–H groups in total. The smallest absolute Gasteiger partial charge is 0.336 e. The molecule has 6 heteroatoms. The van der Waals surface area contributed by atoms with Crippen molar-refractivity contribution in [2.75, 3.05) is 0 Å². The Labute approximate surface area is 97.4 Å². The van der Waals surface area contributed by atoms with Gasteiger partial charge in [0.05, 0.1) is 5.56 Å². The van der Waals surface area contributed by atoms with Gasteiger partial charge in [0.15, 0.2) is 0 Å². The van der Waals surface area contributed by atoms with Crippen molar-refractivity contribution in [3.63, 3.8) is 0 Å². The number of benzene rings is 1. The molecule has 17 heavy (non-hydrogen) atoms. The lowest BCUT2D eigenvalue weighted by atomic mass is 10.2. The Balaban J connectivity index is 2.21. The van der Waals surface area contributed by atoms with E-state index < -0.39 is 17.8 Å². The Morgan fingerprint density at radius 3 is 2.53 bits per heavy atom. The third-order valence-corrected chi connectivity index (χ3v) is 2.42. The summed E-state index contributed by atoms with van der Waals surface area (Å²) in [7, 11) is 0. The van der Waals surface area contributed by atoms with Gasteiger partial charge in [0.2, 0.25) is 0 Å². The molecule has 1 aromatic carbocycles. The summed E-state index contributed by atoms with van der Waals surface area (Å²) < 4.78 is 13.4. The highest BCUT2D eigenvalue weighted by atomic mass is 19.1. The number of nitrogens with one attached hydrogen (secondary N) is 1. The maximum atomic E-state index is 13.4. The maximum absolute atomic E-state index is 13.4. The van der Waals surface area contributed by atoms with Crippen LogP contribution >= 0.6 is 0 Å². The standard InChI is InChI=1S/C11H12FN3O2/c12-9-4-2-1-3-8(9)10(16)15(11(13)17)14-7-5-6-7/h1-4,7,14H,5-6H2,(H2,13,17). The zero-order valence-electron chi connectivity index (χ0n) is 9.02. The van der Waals surface area contributed by atoms with Crippen molar-refractivity contribution in [3.8, 4) is 0 Å². The van der Waals surface area contributed by atoms with Crippen molar-refractivity contribution in [3.05, 3.63) is 35.6 Å². The van der Waals surface area contributed by atoms with Crippen LogP contribution in [0.5, 0.6) is 0 Å². The van der Waals surface area contributed by atoms with Gasteiger partial charge in [0, 0.05) is 6.04 Å². The zero-order chi connectivity index (χ0) is 12.4. The van der Waals surface area contributed by atoms with E-state index in [1.165, 1.54) is 18.2 Å². The Morgan fingerprint density at radius 1 is 1.35 bits per heavy atom. The number of primary amides is 1. The van der Waals surface area contributed by atoms with E-state index in [-0.39, 0.29) is 11.6 Å². The first-order chi connectivity index (χ1) is 8.09. The normalized spacial score (nSPS) is 14.4. The lowest BCUT2D eigenvalue weighted by Crippen LogP contribution is -2.50. The van der Waals surface area contributed by atoms with Crippen molar-refractivity contribution in [1.82, 2.24) is 10.4 Å². The highest BCUT2D eigenvalue weighted by molar-refractivity contribution is 6.03. The molecule has 90 valence electrons. The van der Waals surface area contributed by atoms with Crippen LogP contribution in [0.1, 0.15) is 23.2 Å². The first-order valence-corrected chi connectivity index (χ1v) is 5.24. The number of hydrogen-bond acceptors (Lipinski definition) is 3. The summed E-state index contributed by atoms with van der Waals surface area (Å²) in [6, 6.07) is 4.58. The molecule has 0 unspecified atom stereocenters. The molecule has 0 aliphatic heterocycles. The summed E-state index contributed by atoms with van der Waals surface area (Å²) in [6.45, 7) is 0. The van der Waals surface area contributed by atoms with Crippen LogP contribution in [-0.2, 0) is 0 Å². The van der Waals surface area contributed by atoms with Gasteiger partial charge in [-0.05, 0) is 25.0 Å². The van der Waals surface area contributed by atoms with E-state index in [1.54, 1.807) is 0 Å². The molecule has 0 aromatic heterocycles. The van der Waals surface area contributed by atoms with Crippen LogP contribution in [0.2, 0.25) is 0 Å². The summed E-state index contributed by atoms with van der Waals surface area (Å²) >= 11 is 0. The van der Waals surface area contributed by atoms with Gasteiger partial charge in [-0.15, -0.1) is 0 Å². The van der Waals surface area contributed by atoms with Crippen molar-refractivity contribution in [2.45, 2.75) is 18.9 Å². The molecular weight excluding hydrogens is 225 g/mol. The largest absolute Gasteiger partial charge is 0.350 e. The van der Waals surface area contributed by atoms with E-state index in [0.717, 1.165) is 18.9 Å². The zero-order valence-corrected chi connectivity index (χ0v) is 9.02. The highest BCUT2D eigenvalue weighted by Crippen LogP contribution is 2.20. The molecular formula is C11H12FN3O2. The van der Waals surface area contributed by atoms with Crippen molar-refractivity contribution >= 4 is 11.9 Å². The van der Waals surface area contributed by atoms with Crippen LogP contribution in [0.25, 0.3) is 0 Å². The van der Waals surface area contributed by atoms with Crippen molar-refractivity contribution in [1.29, 1.82) is 0 Å². The van der Waals surface area contributed by atoms with E-state index >= 15 is 0 Å². The van der Waals surface area contributed by atoms with Crippen LogP contribution < -0.4 is 11.2 Å². The Morgan fingerprint density at radius 2 is 2.00 bits per heavy atom. The number of carbonyl (C=O) groups is 2. The number of hydrazine groups is 1.